The van der Waals surface area contributed by atoms with E-state index in [0.717, 1.165) is 5.56 Å². The molecule has 0 N–H and O–H groups in total. The first-order valence-electron chi connectivity index (χ1n) is 5.27. The molecule has 0 spiro atoms. The summed E-state index contributed by atoms with van der Waals surface area (Å²) in [5.74, 6) is 1.46. The molecule has 0 fully saturated rings. The van der Waals surface area contributed by atoms with Crippen molar-refractivity contribution < 1.29 is 14.3 Å². The average Bonchev–Trinajstić information content (AvgIpc) is 2.97. The summed E-state index contributed by atoms with van der Waals surface area (Å²) in [5, 5.41) is 3.97. The van der Waals surface area contributed by atoms with Gasteiger partial charge in [-0.15, -0.1) is 0 Å². The second kappa shape index (κ2) is 4.22. The van der Waals surface area contributed by atoms with Crippen molar-refractivity contribution >= 4 is 17.1 Å². The topological polar surface area (TPSA) is 35.5 Å². The average molecular weight is 246 g/mol. The van der Waals surface area contributed by atoms with Gasteiger partial charge >= 0.3 is 0 Å². The molecule has 0 amide bonds. The fourth-order valence-corrected chi connectivity index (χ4v) is 2.42. The Balaban J connectivity index is 1.82. The van der Waals surface area contributed by atoms with E-state index in [4.69, 9.17) is 9.47 Å². The minimum Gasteiger partial charge on any atom is -0.454 e. The maximum Gasteiger partial charge on any atom is 0.231 e. The maximum atomic E-state index is 12.0. The molecule has 1 aromatic heterocycles. The van der Waals surface area contributed by atoms with E-state index in [1.807, 2.05) is 16.8 Å². The third-order valence-electron chi connectivity index (χ3n) is 2.64. The molecule has 0 saturated carbocycles. The Morgan fingerprint density at radius 3 is 2.94 bits per heavy atom. The van der Waals surface area contributed by atoms with E-state index in [-0.39, 0.29) is 12.6 Å². The summed E-state index contributed by atoms with van der Waals surface area (Å²) >= 11 is 1.60. The van der Waals surface area contributed by atoms with Gasteiger partial charge in [0.05, 0.1) is 0 Å². The molecule has 86 valence electrons. The summed E-state index contributed by atoms with van der Waals surface area (Å²) in [4.78, 5) is 12.0. The van der Waals surface area contributed by atoms with Crippen LogP contribution >= 0.6 is 11.3 Å². The Labute approximate surface area is 103 Å². The number of rotatable bonds is 3. The number of benzene rings is 1. The van der Waals surface area contributed by atoms with Crippen LogP contribution in [0.3, 0.4) is 0 Å². The van der Waals surface area contributed by atoms with E-state index in [2.05, 4.69) is 0 Å². The van der Waals surface area contributed by atoms with Gasteiger partial charge in [0.1, 0.15) is 0 Å². The lowest BCUT2D eigenvalue weighted by Gasteiger charge is -2.01. The maximum absolute atomic E-state index is 12.0. The number of hydrogen-bond donors (Lipinski definition) is 0. The number of ketones is 1. The molecule has 3 nitrogen and oxygen atoms in total. The van der Waals surface area contributed by atoms with Crippen LogP contribution < -0.4 is 9.47 Å². The second-order valence-corrected chi connectivity index (χ2v) is 4.58. The van der Waals surface area contributed by atoms with Gasteiger partial charge in [-0.1, -0.05) is 0 Å². The third-order valence-corrected chi connectivity index (χ3v) is 3.37. The van der Waals surface area contributed by atoms with Crippen molar-refractivity contribution in [1.82, 2.24) is 0 Å². The van der Waals surface area contributed by atoms with Crippen molar-refractivity contribution in [2.24, 2.45) is 0 Å². The predicted octanol–water partition coefficient (Wildman–Crippen LogP) is 2.90. The highest BCUT2D eigenvalue weighted by molar-refractivity contribution is 7.08. The summed E-state index contributed by atoms with van der Waals surface area (Å²) in [5.41, 5.74) is 1.72. The van der Waals surface area contributed by atoms with E-state index in [0.29, 0.717) is 23.5 Å². The molecule has 2 aromatic rings. The summed E-state index contributed by atoms with van der Waals surface area (Å²) in [6.07, 6.45) is 0.434. The quantitative estimate of drug-likeness (QED) is 0.781. The molecular formula is C13H10O3S. The van der Waals surface area contributed by atoms with E-state index in [9.17, 15) is 4.79 Å². The first kappa shape index (κ1) is 10.4. The van der Waals surface area contributed by atoms with E-state index >= 15 is 0 Å². The molecule has 4 heteroatoms. The Hall–Kier alpha value is -1.81. The molecule has 0 unspecified atom stereocenters. The Morgan fingerprint density at radius 2 is 2.12 bits per heavy atom. The third kappa shape index (κ3) is 2.03. The molecule has 0 radical (unpaired) electrons. The second-order valence-electron chi connectivity index (χ2n) is 3.80. The van der Waals surface area contributed by atoms with E-state index in [1.165, 1.54) is 0 Å². The van der Waals surface area contributed by atoms with Crippen LogP contribution in [-0.2, 0) is 6.42 Å². The molecule has 0 saturated heterocycles. The molecule has 0 bridgehead atoms. The summed E-state index contributed by atoms with van der Waals surface area (Å²) in [6.45, 7) is 0.234. The van der Waals surface area contributed by atoms with E-state index in [1.54, 1.807) is 29.5 Å². The zero-order valence-electron chi connectivity index (χ0n) is 9.01. The molecular weight excluding hydrogens is 236 g/mol. The van der Waals surface area contributed by atoms with Crippen LogP contribution in [0, 0.1) is 0 Å². The van der Waals surface area contributed by atoms with Crippen LogP contribution in [0.15, 0.2) is 35.0 Å². The number of hydrogen-bond acceptors (Lipinski definition) is 4. The van der Waals surface area contributed by atoms with Gasteiger partial charge in [-0.05, 0) is 40.6 Å². The fourth-order valence-electron chi connectivity index (χ4n) is 1.75. The number of fused-ring (bicyclic) bond motifs is 1. The molecule has 0 atom stereocenters. The lowest BCUT2D eigenvalue weighted by molar-refractivity contribution is 0.0992. The van der Waals surface area contributed by atoms with Gasteiger partial charge in [0.2, 0.25) is 6.79 Å². The minimum absolute atomic E-state index is 0.0988. The van der Waals surface area contributed by atoms with Crippen molar-refractivity contribution in [3.05, 3.63) is 46.2 Å². The Kier molecular flexibility index (Phi) is 2.57. The number of Topliss-reactive ketones (excluding diaryl/α,β-unsaturated/α-hetero) is 1. The van der Waals surface area contributed by atoms with Crippen molar-refractivity contribution in [3.8, 4) is 11.5 Å². The lowest BCUT2D eigenvalue weighted by Crippen LogP contribution is -2.02. The molecule has 1 aromatic carbocycles. The van der Waals surface area contributed by atoms with Crippen LogP contribution in [0.5, 0.6) is 11.5 Å². The predicted molar refractivity (Wildman–Crippen MR) is 64.9 cm³/mol. The highest BCUT2D eigenvalue weighted by Crippen LogP contribution is 2.32. The van der Waals surface area contributed by atoms with Crippen LogP contribution in [0.2, 0.25) is 0 Å². The van der Waals surface area contributed by atoms with Gasteiger partial charge in [0.25, 0.3) is 0 Å². The minimum atomic E-state index is 0.0988. The van der Waals surface area contributed by atoms with Crippen LogP contribution in [-0.4, -0.2) is 12.6 Å². The molecule has 2 heterocycles. The van der Waals surface area contributed by atoms with Gasteiger partial charge < -0.3 is 9.47 Å². The Morgan fingerprint density at radius 1 is 1.24 bits per heavy atom. The van der Waals surface area contributed by atoms with Crippen LogP contribution in [0.25, 0.3) is 0 Å². The number of ether oxygens (including phenoxy) is 2. The molecule has 17 heavy (non-hydrogen) atoms. The van der Waals surface area contributed by atoms with Crippen molar-refractivity contribution in [2.75, 3.05) is 6.79 Å². The van der Waals surface area contributed by atoms with Crippen LogP contribution in [0.4, 0.5) is 0 Å². The number of carbonyl (C=O) groups is 1. The summed E-state index contributed by atoms with van der Waals surface area (Å²) in [6, 6.07) is 7.28. The highest BCUT2D eigenvalue weighted by Gasteiger charge is 2.16. The van der Waals surface area contributed by atoms with Gasteiger partial charge in [-0.25, -0.2) is 0 Å². The summed E-state index contributed by atoms with van der Waals surface area (Å²) < 4.78 is 10.5. The standard InChI is InChI=1S/C13H10O3S/c14-11(5-9-3-4-17-7-9)10-1-2-12-13(6-10)16-8-15-12/h1-4,6-7H,5,8H2. The largest absolute Gasteiger partial charge is 0.454 e. The normalized spacial score (nSPS) is 12.7. The first-order chi connectivity index (χ1) is 8.33. The molecule has 1 aliphatic heterocycles. The van der Waals surface area contributed by atoms with Crippen molar-refractivity contribution in [3.63, 3.8) is 0 Å². The van der Waals surface area contributed by atoms with Gasteiger partial charge in [-0.3, -0.25) is 4.79 Å². The SMILES string of the molecule is O=C(Cc1ccsc1)c1ccc2c(c1)OCO2. The van der Waals surface area contributed by atoms with Crippen molar-refractivity contribution in [2.45, 2.75) is 6.42 Å². The van der Waals surface area contributed by atoms with Crippen LogP contribution in [0.1, 0.15) is 15.9 Å². The van der Waals surface area contributed by atoms with E-state index < -0.39 is 0 Å². The monoisotopic (exact) mass is 246 g/mol. The smallest absolute Gasteiger partial charge is 0.231 e. The zero-order chi connectivity index (χ0) is 11.7. The van der Waals surface area contributed by atoms with Gasteiger partial charge in [-0.2, -0.15) is 11.3 Å². The molecule has 3 rings (SSSR count). The molecule has 1 aliphatic rings. The van der Waals surface area contributed by atoms with Crippen molar-refractivity contribution in [1.29, 1.82) is 0 Å². The van der Waals surface area contributed by atoms with Gasteiger partial charge in [0, 0.05) is 12.0 Å². The zero-order valence-corrected chi connectivity index (χ0v) is 9.83. The van der Waals surface area contributed by atoms with Gasteiger partial charge in [0.15, 0.2) is 17.3 Å². The number of thiophene rings is 1. The lowest BCUT2D eigenvalue weighted by atomic mass is 10.0. The molecule has 0 aliphatic carbocycles. The number of carbonyl (C=O) groups excluding carboxylic acids is 1. The Bertz CT molecular complexity index is 546. The fraction of sp³-hybridized carbons (Fsp3) is 0.154. The first-order valence-corrected chi connectivity index (χ1v) is 6.21. The summed E-state index contributed by atoms with van der Waals surface area (Å²) in [7, 11) is 0. The highest BCUT2D eigenvalue weighted by atomic mass is 32.1.